The number of amides is 1. The van der Waals surface area contributed by atoms with E-state index in [1.807, 2.05) is 30.3 Å². The van der Waals surface area contributed by atoms with E-state index in [2.05, 4.69) is 34.4 Å². The van der Waals surface area contributed by atoms with Crippen molar-refractivity contribution in [2.45, 2.75) is 45.4 Å². The Bertz CT molecular complexity index is 807. The minimum atomic E-state index is 0.00224. The summed E-state index contributed by atoms with van der Waals surface area (Å²) in [6, 6.07) is 9.79. The van der Waals surface area contributed by atoms with Crippen LogP contribution in [0.25, 0.3) is 0 Å². The van der Waals surface area contributed by atoms with Crippen LogP contribution in [0.2, 0.25) is 0 Å². The van der Waals surface area contributed by atoms with Gasteiger partial charge < -0.3 is 20.3 Å². The molecule has 1 aliphatic heterocycles. The van der Waals surface area contributed by atoms with Gasteiger partial charge in [0, 0.05) is 38.9 Å². The summed E-state index contributed by atoms with van der Waals surface area (Å²) in [5.41, 5.74) is 1.76. The Kier molecular flexibility index (Phi) is 7.04. The summed E-state index contributed by atoms with van der Waals surface area (Å²) in [7, 11) is 3.50. The quantitative estimate of drug-likeness (QED) is 0.745. The standard InChI is InChI=1S/C22H31N5O2/c1-15(2)21-18(6-5-11-29-21)26-20-12-19(24-14-25-20)23-13-16-7-9-17(10-8-16)22(28)27(3)4/h7-10,12,14-15,18,21H,5-6,11,13H2,1-4H3,(H2,23,24,25,26). The minimum Gasteiger partial charge on any atom is -0.376 e. The van der Waals surface area contributed by atoms with Crippen LogP contribution in [-0.4, -0.2) is 53.6 Å². The summed E-state index contributed by atoms with van der Waals surface area (Å²) in [6.45, 7) is 5.83. The van der Waals surface area contributed by atoms with Crippen molar-refractivity contribution in [2.24, 2.45) is 5.92 Å². The molecule has 0 saturated carbocycles. The Morgan fingerprint density at radius 2 is 1.93 bits per heavy atom. The van der Waals surface area contributed by atoms with E-state index in [4.69, 9.17) is 4.74 Å². The molecule has 2 unspecified atom stereocenters. The highest BCUT2D eigenvalue weighted by molar-refractivity contribution is 5.93. The second kappa shape index (κ2) is 9.69. The van der Waals surface area contributed by atoms with Crippen LogP contribution in [0.5, 0.6) is 0 Å². The van der Waals surface area contributed by atoms with Gasteiger partial charge in [0.1, 0.15) is 18.0 Å². The highest BCUT2D eigenvalue weighted by Crippen LogP contribution is 2.24. The highest BCUT2D eigenvalue weighted by Gasteiger charge is 2.28. The molecule has 2 atom stereocenters. The maximum atomic E-state index is 12.0. The van der Waals surface area contributed by atoms with E-state index >= 15 is 0 Å². The third kappa shape index (κ3) is 5.67. The summed E-state index contributed by atoms with van der Waals surface area (Å²) in [4.78, 5) is 22.2. The predicted octanol–water partition coefficient (Wildman–Crippen LogP) is 3.41. The number of aromatic nitrogens is 2. The van der Waals surface area contributed by atoms with Gasteiger partial charge in [0.15, 0.2) is 0 Å². The summed E-state index contributed by atoms with van der Waals surface area (Å²) in [5, 5.41) is 6.85. The molecule has 0 bridgehead atoms. The van der Waals surface area contributed by atoms with E-state index < -0.39 is 0 Å². The molecule has 1 aromatic carbocycles. The largest absolute Gasteiger partial charge is 0.376 e. The molecule has 1 aromatic heterocycles. The van der Waals surface area contributed by atoms with E-state index in [1.54, 1.807) is 25.3 Å². The molecule has 2 aromatic rings. The lowest BCUT2D eigenvalue weighted by molar-refractivity contribution is -0.0203. The SMILES string of the molecule is CC(C)C1OCCCC1Nc1cc(NCc2ccc(C(=O)N(C)C)cc2)ncn1. The van der Waals surface area contributed by atoms with Crippen LogP contribution in [0.1, 0.15) is 42.6 Å². The fraction of sp³-hybridized carbons (Fsp3) is 0.500. The zero-order valence-electron chi connectivity index (χ0n) is 17.7. The summed E-state index contributed by atoms with van der Waals surface area (Å²) < 4.78 is 5.95. The van der Waals surface area contributed by atoms with Crippen molar-refractivity contribution in [3.05, 3.63) is 47.8 Å². The number of nitrogens with one attached hydrogen (secondary N) is 2. The maximum Gasteiger partial charge on any atom is 0.253 e. The van der Waals surface area contributed by atoms with Crippen molar-refractivity contribution < 1.29 is 9.53 Å². The fourth-order valence-electron chi connectivity index (χ4n) is 3.55. The van der Waals surface area contributed by atoms with E-state index in [0.717, 1.165) is 36.6 Å². The Morgan fingerprint density at radius 3 is 2.62 bits per heavy atom. The normalized spacial score (nSPS) is 19.1. The van der Waals surface area contributed by atoms with Gasteiger partial charge in [0.2, 0.25) is 0 Å². The Morgan fingerprint density at radius 1 is 1.21 bits per heavy atom. The molecule has 1 aliphatic rings. The lowest BCUT2D eigenvalue weighted by atomic mass is 9.94. The van der Waals surface area contributed by atoms with E-state index in [0.29, 0.717) is 18.0 Å². The van der Waals surface area contributed by atoms with Gasteiger partial charge >= 0.3 is 0 Å². The molecule has 0 aliphatic carbocycles. The third-order valence-electron chi connectivity index (χ3n) is 5.10. The van der Waals surface area contributed by atoms with Gasteiger partial charge in [-0.2, -0.15) is 0 Å². The van der Waals surface area contributed by atoms with E-state index in [-0.39, 0.29) is 18.1 Å². The van der Waals surface area contributed by atoms with Gasteiger partial charge in [-0.3, -0.25) is 4.79 Å². The predicted molar refractivity (Wildman–Crippen MR) is 115 cm³/mol. The summed E-state index contributed by atoms with van der Waals surface area (Å²) >= 11 is 0. The Balaban J connectivity index is 1.59. The smallest absolute Gasteiger partial charge is 0.253 e. The molecule has 3 rings (SSSR count). The topological polar surface area (TPSA) is 79.4 Å². The zero-order valence-corrected chi connectivity index (χ0v) is 17.7. The first-order chi connectivity index (χ1) is 13.9. The highest BCUT2D eigenvalue weighted by atomic mass is 16.5. The number of carbonyl (C=O) groups is 1. The number of rotatable bonds is 7. The van der Waals surface area contributed by atoms with E-state index in [1.165, 1.54) is 0 Å². The lowest BCUT2D eigenvalue weighted by Gasteiger charge is -2.35. The number of benzene rings is 1. The molecule has 156 valence electrons. The molecule has 7 nitrogen and oxygen atoms in total. The number of nitrogens with zero attached hydrogens (tertiary/aromatic N) is 3. The second-order valence-corrected chi connectivity index (χ2v) is 8.01. The first-order valence-electron chi connectivity index (χ1n) is 10.2. The molecule has 0 spiro atoms. The van der Waals surface area contributed by atoms with Gasteiger partial charge in [0.05, 0.1) is 12.1 Å². The molecule has 29 heavy (non-hydrogen) atoms. The van der Waals surface area contributed by atoms with Gasteiger partial charge in [-0.15, -0.1) is 0 Å². The van der Waals surface area contributed by atoms with Gasteiger partial charge in [0.25, 0.3) is 5.91 Å². The zero-order chi connectivity index (χ0) is 20.8. The second-order valence-electron chi connectivity index (χ2n) is 8.01. The third-order valence-corrected chi connectivity index (χ3v) is 5.10. The Labute approximate surface area is 172 Å². The Hall–Kier alpha value is -2.67. The first-order valence-corrected chi connectivity index (χ1v) is 10.2. The molecule has 1 fully saturated rings. The van der Waals surface area contributed by atoms with Gasteiger partial charge in [-0.1, -0.05) is 26.0 Å². The molecule has 0 radical (unpaired) electrons. The molecule has 1 amide bonds. The average molecular weight is 398 g/mol. The molecular formula is C22H31N5O2. The lowest BCUT2D eigenvalue weighted by Crippen LogP contribution is -2.43. The van der Waals surface area contributed by atoms with Gasteiger partial charge in [-0.25, -0.2) is 9.97 Å². The van der Waals surface area contributed by atoms with E-state index in [9.17, 15) is 4.79 Å². The van der Waals surface area contributed by atoms with Crippen molar-refractivity contribution in [1.82, 2.24) is 14.9 Å². The van der Waals surface area contributed by atoms with Crippen molar-refractivity contribution in [3.63, 3.8) is 0 Å². The number of anilines is 2. The molecular weight excluding hydrogens is 366 g/mol. The van der Waals surface area contributed by atoms with Crippen molar-refractivity contribution >= 4 is 17.5 Å². The summed E-state index contributed by atoms with van der Waals surface area (Å²) in [5.74, 6) is 2.02. The van der Waals surface area contributed by atoms with Crippen molar-refractivity contribution in [3.8, 4) is 0 Å². The van der Waals surface area contributed by atoms with Gasteiger partial charge in [-0.05, 0) is 36.5 Å². The number of hydrogen-bond donors (Lipinski definition) is 2. The molecule has 7 heteroatoms. The van der Waals surface area contributed by atoms with Crippen LogP contribution in [0.4, 0.5) is 11.6 Å². The minimum absolute atomic E-state index is 0.00224. The number of ether oxygens (including phenoxy) is 1. The van der Waals surface area contributed by atoms with Crippen molar-refractivity contribution in [2.75, 3.05) is 31.3 Å². The van der Waals surface area contributed by atoms with Crippen LogP contribution in [0.3, 0.4) is 0 Å². The van der Waals surface area contributed by atoms with Crippen molar-refractivity contribution in [1.29, 1.82) is 0 Å². The maximum absolute atomic E-state index is 12.0. The monoisotopic (exact) mass is 397 g/mol. The van der Waals surface area contributed by atoms with Crippen LogP contribution in [0.15, 0.2) is 36.7 Å². The van der Waals surface area contributed by atoms with Crippen LogP contribution < -0.4 is 10.6 Å². The molecule has 1 saturated heterocycles. The fourth-order valence-corrected chi connectivity index (χ4v) is 3.55. The number of carbonyl (C=O) groups excluding carboxylic acids is 1. The average Bonchev–Trinajstić information content (AvgIpc) is 2.72. The molecule has 2 N–H and O–H groups in total. The van der Waals surface area contributed by atoms with Crippen LogP contribution in [0, 0.1) is 5.92 Å². The first kappa shape index (κ1) is 21.0. The van der Waals surface area contributed by atoms with Crippen LogP contribution in [-0.2, 0) is 11.3 Å². The molecule has 2 heterocycles. The van der Waals surface area contributed by atoms with Crippen LogP contribution >= 0.6 is 0 Å². The number of hydrogen-bond acceptors (Lipinski definition) is 6. The summed E-state index contributed by atoms with van der Waals surface area (Å²) in [6.07, 6.45) is 3.90.